The number of halogens is 1. The summed E-state index contributed by atoms with van der Waals surface area (Å²) in [5.74, 6) is 0.114. The normalized spacial score (nSPS) is 17.0. The van der Waals surface area contributed by atoms with Crippen molar-refractivity contribution >= 4 is 28.8 Å². The van der Waals surface area contributed by atoms with Crippen LogP contribution in [0.4, 0.5) is 0 Å². The Labute approximate surface area is 146 Å². The van der Waals surface area contributed by atoms with Gasteiger partial charge in [-0.05, 0) is 56.1 Å². The molecule has 1 heterocycles. The fourth-order valence-electron chi connectivity index (χ4n) is 2.94. The number of amides is 1. The lowest BCUT2D eigenvalue weighted by molar-refractivity contribution is -0.123. The third kappa shape index (κ3) is 3.44. The molecule has 1 N–H and O–H groups in total. The molecule has 1 saturated carbocycles. The van der Waals surface area contributed by atoms with Gasteiger partial charge in [-0.2, -0.15) is 0 Å². The molecule has 1 atom stereocenters. The molecule has 3 nitrogen and oxygen atoms in total. The highest BCUT2D eigenvalue weighted by Crippen LogP contribution is 2.48. The van der Waals surface area contributed by atoms with E-state index in [0.717, 1.165) is 18.4 Å². The van der Waals surface area contributed by atoms with Crippen LogP contribution in [-0.2, 0) is 10.2 Å². The molecular formula is C18H21ClN2OS. The zero-order valence-corrected chi connectivity index (χ0v) is 15.0. The Bertz CT molecular complexity index is 680. The van der Waals surface area contributed by atoms with Crippen molar-refractivity contribution in [2.75, 3.05) is 20.6 Å². The Morgan fingerprint density at radius 1 is 1.35 bits per heavy atom. The molecule has 0 aliphatic heterocycles. The van der Waals surface area contributed by atoms with Gasteiger partial charge >= 0.3 is 0 Å². The highest BCUT2D eigenvalue weighted by molar-refractivity contribution is 7.10. The number of rotatable bonds is 6. The molecular weight excluding hydrogens is 328 g/mol. The monoisotopic (exact) mass is 348 g/mol. The molecule has 1 amide bonds. The second-order valence-electron chi connectivity index (χ2n) is 6.30. The van der Waals surface area contributed by atoms with Crippen molar-refractivity contribution in [1.29, 1.82) is 0 Å². The summed E-state index contributed by atoms with van der Waals surface area (Å²) in [6.07, 6.45) is 1.79. The molecule has 0 bridgehead atoms. The fourth-order valence-corrected chi connectivity index (χ4v) is 4.05. The maximum Gasteiger partial charge on any atom is 0.230 e. The van der Waals surface area contributed by atoms with Crippen LogP contribution in [0.1, 0.15) is 29.3 Å². The quantitative estimate of drug-likeness (QED) is 0.859. The highest BCUT2D eigenvalue weighted by atomic mass is 35.5. The molecule has 0 radical (unpaired) electrons. The van der Waals surface area contributed by atoms with E-state index in [0.29, 0.717) is 11.6 Å². The molecule has 1 unspecified atom stereocenters. The minimum atomic E-state index is -0.378. The SMILES string of the molecule is CN(C)C(CNC(=O)C1(c2cccc(Cl)c2)CC1)c1cccs1. The van der Waals surface area contributed by atoms with Crippen molar-refractivity contribution in [2.45, 2.75) is 24.3 Å². The summed E-state index contributed by atoms with van der Waals surface area (Å²) in [6, 6.07) is 12.0. The van der Waals surface area contributed by atoms with Crippen LogP contribution in [0.3, 0.4) is 0 Å². The molecule has 1 fully saturated rings. The smallest absolute Gasteiger partial charge is 0.230 e. The van der Waals surface area contributed by atoms with Crippen molar-refractivity contribution in [3.05, 3.63) is 57.2 Å². The second kappa shape index (κ2) is 6.63. The Kier molecular flexibility index (Phi) is 4.76. The molecule has 1 aromatic heterocycles. The van der Waals surface area contributed by atoms with Gasteiger partial charge in [-0.25, -0.2) is 0 Å². The van der Waals surface area contributed by atoms with Crippen LogP contribution >= 0.6 is 22.9 Å². The van der Waals surface area contributed by atoms with Gasteiger partial charge in [-0.1, -0.05) is 29.8 Å². The number of nitrogens with zero attached hydrogens (tertiary/aromatic N) is 1. The second-order valence-corrected chi connectivity index (χ2v) is 7.71. The third-order valence-electron chi connectivity index (χ3n) is 4.51. The minimum absolute atomic E-state index is 0.114. The first-order chi connectivity index (χ1) is 11.0. The first kappa shape index (κ1) is 16.5. The number of benzene rings is 1. The lowest BCUT2D eigenvalue weighted by Gasteiger charge is -2.25. The van der Waals surface area contributed by atoms with Crippen molar-refractivity contribution in [3.8, 4) is 0 Å². The Balaban J connectivity index is 1.69. The van der Waals surface area contributed by atoms with E-state index in [-0.39, 0.29) is 17.4 Å². The molecule has 0 saturated heterocycles. The van der Waals surface area contributed by atoms with Crippen molar-refractivity contribution in [1.82, 2.24) is 10.2 Å². The molecule has 0 spiro atoms. The van der Waals surface area contributed by atoms with Crippen molar-refractivity contribution in [2.24, 2.45) is 0 Å². The van der Waals surface area contributed by atoms with Crippen LogP contribution in [0.2, 0.25) is 5.02 Å². The first-order valence-electron chi connectivity index (χ1n) is 7.77. The number of likely N-dealkylation sites (N-methyl/N-ethyl adjacent to an activating group) is 1. The Hall–Kier alpha value is -1.36. The number of thiophene rings is 1. The van der Waals surface area contributed by atoms with Crippen LogP contribution < -0.4 is 5.32 Å². The van der Waals surface area contributed by atoms with Gasteiger partial charge in [-0.3, -0.25) is 4.79 Å². The van der Waals surface area contributed by atoms with Gasteiger partial charge < -0.3 is 10.2 Å². The molecule has 122 valence electrons. The van der Waals surface area contributed by atoms with E-state index in [2.05, 4.69) is 21.7 Å². The van der Waals surface area contributed by atoms with Gasteiger partial charge in [0.05, 0.1) is 11.5 Å². The van der Waals surface area contributed by atoms with Gasteiger partial charge in [0, 0.05) is 16.4 Å². The van der Waals surface area contributed by atoms with Gasteiger partial charge in [-0.15, -0.1) is 11.3 Å². The van der Waals surface area contributed by atoms with Crippen LogP contribution in [-0.4, -0.2) is 31.4 Å². The standard InChI is InChI=1S/C18H21ClN2OS/c1-21(2)15(16-7-4-10-23-16)12-20-17(22)18(8-9-18)13-5-3-6-14(19)11-13/h3-7,10-11,15H,8-9,12H2,1-2H3,(H,20,22). The van der Waals surface area contributed by atoms with Gasteiger partial charge in [0.25, 0.3) is 0 Å². The molecule has 3 rings (SSSR count). The summed E-state index contributed by atoms with van der Waals surface area (Å²) < 4.78 is 0. The summed E-state index contributed by atoms with van der Waals surface area (Å²) in [6.45, 7) is 0.620. The zero-order valence-electron chi connectivity index (χ0n) is 13.4. The van der Waals surface area contributed by atoms with Gasteiger partial charge in [0.15, 0.2) is 0 Å². The first-order valence-corrected chi connectivity index (χ1v) is 9.03. The molecule has 1 aliphatic carbocycles. The van der Waals surface area contributed by atoms with Crippen LogP contribution in [0, 0.1) is 0 Å². The van der Waals surface area contributed by atoms with Gasteiger partial charge in [0.1, 0.15) is 0 Å². The van der Waals surface area contributed by atoms with Crippen LogP contribution in [0.5, 0.6) is 0 Å². The highest BCUT2D eigenvalue weighted by Gasteiger charge is 2.51. The average Bonchev–Trinajstić information content (AvgIpc) is 3.17. The predicted molar refractivity (Wildman–Crippen MR) is 96.1 cm³/mol. The Morgan fingerprint density at radius 2 is 2.13 bits per heavy atom. The third-order valence-corrected chi connectivity index (χ3v) is 5.72. The van der Waals surface area contributed by atoms with E-state index >= 15 is 0 Å². The molecule has 2 aromatic rings. The number of carbonyl (C=O) groups is 1. The van der Waals surface area contributed by atoms with E-state index < -0.39 is 0 Å². The van der Waals surface area contributed by atoms with Crippen molar-refractivity contribution in [3.63, 3.8) is 0 Å². The van der Waals surface area contributed by atoms with E-state index in [1.807, 2.05) is 44.4 Å². The largest absolute Gasteiger partial charge is 0.353 e. The Morgan fingerprint density at radius 3 is 2.70 bits per heavy atom. The lowest BCUT2D eigenvalue weighted by atomic mass is 9.95. The summed E-state index contributed by atoms with van der Waals surface area (Å²) >= 11 is 7.81. The lowest BCUT2D eigenvalue weighted by Crippen LogP contribution is -2.39. The molecule has 1 aliphatic rings. The van der Waals surface area contributed by atoms with Crippen LogP contribution in [0.15, 0.2) is 41.8 Å². The maximum absolute atomic E-state index is 12.8. The van der Waals surface area contributed by atoms with Crippen molar-refractivity contribution < 1.29 is 4.79 Å². The summed E-state index contributed by atoms with van der Waals surface area (Å²) in [5.41, 5.74) is 0.650. The fraction of sp³-hybridized carbons (Fsp3) is 0.389. The molecule has 5 heteroatoms. The maximum atomic E-state index is 12.8. The predicted octanol–water partition coefficient (Wildman–Crippen LogP) is 3.85. The number of hydrogen-bond acceptors (Lipinski definition) is 3. The van der Waals surface area contributed by atoms with E-state index in [1.54, 1.807) is 11.3 Å². The molecule has 23 heavy (non-hydrogen) atoms. The number of hydrogen-bond donors (Lipinski definition) is 1. The van der Waals surface area contributed by atoms with E-state index in [9.17, 15) is 4.79 Å². The average molecular weight is 349 g/mol. The topological polar surface area (TPSA) is 32.3 Å². The number of carbonyl (C=O) groups excluding carboxylic acids is 1. The number of nitrogens with one attached hydrogen (secondary N) is 1. The minimum Gasteiger partial charge on any atom is -0.353 e. The van der Waals surface area contributed by atoms with E-state index in [1.165, 1.54) is 4.88 Å². The summed E-state index contributed by atoms with van der Waals surface area (Å²) in [7, 11) is 4.08. The zero-order chi connectivity index (χ0) is 16.4. The van der Waals surface area contributed by atoms with Gasteiger partial charge in [0.2, 0.25) is 5.91 Å². The summed E-state index contributed by atoms with van der Waals surface area (Å²) in [4.78, 5) is 16.2. The van der Waals surface area contributed by atoms with Crippen LogP contribution in [0.25, 0.3) is 0 Å². The molecule has 1 aromatic carbocycles. The van der Waals surface area contributed by atoms with E-state index in [4.69, 9.17) is 11.6 Å². The summed E-state index contributed by atoms with van der Waals surface area (Å²) in [5, 5.41) is 5.91.